The smallest absolute Gasteiger partial charge is 0.383 e. The average Bonchev–Trinajstić information content (AvgIpc) is 3.07. The maximum atomic E-state index is 13.3. The fourth-order valence-electron chi connectivity index (χ4n) is 5.10. The number of ether oxygens (including phenoxy) is 8. The maximum absolute atomic E-state index is 13.3. The molecule has 1 fully saturated rings. The van der Waals surface area contributed by atoms with Gasteiger partial charge in [0.25, 0.3) is 5.75 Å². The number of fused-ring (bicyclic) bond motifs is 1. The summed E-state index contributed by atoms with van der Waals surface area (Å²) in [7, 11) is 0. The lowest BCUT2D eigenvalue weighted by Crippen LogP contribution is -2.63. The first-order chi connectivity index (χ1) is 24.4. The van der Waals surface area contributed by atoms with E-state index in [0.717, 1.165) is 34.1 Å². The third-order valence-corrected chi connectivity index (χ3v) is 7.13. The van der Waals surface area contributed by atoms with Crippen LogP contribution >= 0.6 is 0 Å². The molecule has 2 heterocycles. The van der Waals surface area contributed by atoms with Gasteiger partial charge in [0.1, 0.15) is 24.0 Å². The molecule has 5 atom stereocenters. The van der Waals surface area contributed by atoms with Crippen LogP contribution in [0.15, 0.2) is 69.9 Å². The van der Waals surface area contributed by atoms with E-state index in [9.17, 15) is 28.8 Å². The van der Waals surface area contributed by atoms with E-state index in [-0.39, 0.29) is 34.6 Å². The highest BCUT2D eigenvalue weighted by Gasteiger charge is 2.53. The molecule has 2 aromatic carbocycles. The first-order valence-corrected chi connectivity index (χ1v) is 16.0. The minimum absolute atomic E-state index is 0.0115. The van der Waals surface area contributed by atoms with Crippen molar-refractivity contribution in [3.63, 3.8) is 0 Å². The summed E-state index contributed by atoms with van der Waals surface area (Å²) < 4.78 is 50.5. The van der Waals surface area contributed by atoms with E-state index in [1.807, 2.05) is 19.1 Å². The second kappa shape index (κ2) is 17.8. The molecule has 1 aliphatic heterocycles. The molecule has 1 aromatic heterocycles. The van der Waals surface area contributed by atoms with Crippen molar-refractivity contribution in [1.29, 1.82) is 0 Å². The summed E-state index contributed by atoms with van der Waals surface area (Å²) >= 11 is 0. The van der Waals surface area contributed by atoms with Crippen LogP contribution in [0.25, 0.3) is 11.0 Å². The van der Waals surface area contributed by atoms with Gasteiger partial charge in [-0.2, -0.15) is 0 Å². The highest BCUT2D eigenvalue weighted by molar-refractivity contribution is 5.93. The Labute approximate surface area is 292 Å². The lowest BCUT2D eigenvalue weighted by atomic mass is 9.98. The van der Waals surface area contributed by atoms with Gasteiger partial charge in [-0.1, -0.05) is 37.3 Å². The topological polar surface area (TPSA) is 189 Å². The van der Waals surface area contributed by atoms with E-state index in [4.69, 9.17) is 42.3 Å². The SMILES string of the molecule is CCC=CCCOc1c(OC(=O)c2ccccc2)c(=O)oc2cc(O[C@@H]3O[C@H](COC(C)=O)[C@H](OC(C)=O)[C@H](OC(C)=O)[C@H]3OC(C)=O)ccc12. The zero-order valence-corrected chi connectivity index (χ0v) is 28.6. The van der Waals surface area contributed by atoms with Crippen LogP contribution in [-0.2, 0) is 42.9 Å². The number of benzene rings is 2. The standard InChI is InChI=1S/C36H38O15/c1-6-7-8-12-17-43-29-26-16-15-25(18-27(26)49-35(42)32(29)51-34(41)24-13-10-9-11-14-24)48-36-33(47-23(5)40)31(46-22(4)39)30(45-21(3)38)28(50-36)19-44-20(2)37/h7-11,13-16,18,28,30-31,33,36H,6,12,17,19H2,1-5H3/t28-,30+,31+,33-,36-/m1/s1. The Morgan fingerprint density at radius 3 is 2.10 bits per heavy atom. The number of carbonyl (C=O) groups is 5. The predicted molar refractivity (Wildman–Crippen MR) is 176 cm³/mol. The summed E-state index contributed by atoms with van der Waals surface area (Å²) in [4.78, 5) is 74.3. The van der Waals surface area contributed by atoms with Gasteiger partial charge in [0.2, 0.25) is 12.4 Å². The maximum Gasteiger partial charge on any atom is 0.383 e. The molecule has 4 rings (SSSR count). The van der Waals surface area contributed by atoms with Gasteiger partial charge in [0.15, 0.2) is 18.0 Å². The van der Waals surface area contributed by atoms with E-state index >= 15 is 0 Å². The molecule has 0 aliphatic carbocycles. The Bertz CT molecular complexity index is 1810. The third-order valence-electron chi connectivity index (χ3n) is 7.13. The summed E-state index contributed by atoms with van der Waals surface area (Å²) in [5.41, 5.74) is -0.862. The van der Waals surface area contributed by atoms with Gasteiger partial charge in [0, 0.05) is 33.8 Å². The molecule has 15 heteroatoms. The van der Waals surface area contributed by atoms with Crippen LogP contribution < -0.4 is 19.8 Å². The van der Waals surface area contributed by atoms with Crippen molar-refractivity contribution < 1.29 is 66.3 Å². The number of carbonyl (C=O) groups excluding carboxylic acids is 5. The van der Waals surface area contributed by atoms with Gasteiger partial charge < -0.3 is 42.3 Å². The Morgan fingerprint density at radius 2 is 1.45 bits per heavy atom. The quantitative estimate of drug-likeness (QED) is 0.0760. The van der Waals surface area contributed by atoms with E-state index in [1.54, 1.807) is 18.2 Å². The first kappa shape index (κ1) is 38.1. The molecule has 0 amide bonds. The summed E-state index contributed by atoms with van der Waals surface area (Å²) in [5.74, 6) is -4.38. The molecule has 0 N–H and O–H groups in total. The Hall–Kier alpha value is -5.70. The van der Waals surface area contributed by atoms with Crippen LogP contribution in [0, 0.1) is 0 Å². The molecular formula is C36H38O15. The molecule has 0 spiro atoms. The Morgan fingerprint density at radius 1 is 0.784 bits per heavy atom. The first-order valence-electron chi connectivity index (χ1n) is 16.0. The van der Waals surface area contributed by atoms with Crippen molar-refractivity contribution in [3.8, 4) is 17.2 Å². The molecule has 0 saturated carbocycles. The highest BCUT2D eigenvalue weighted by Crippen LogP contribution is 2.37. The van der Waals surface area contributed by atoms with E-state index in [2.05, 4.69) is 0 Å². The molecule has 272 valence electrons. The fraction of sp³-hybridized carbons (Fsp3) is 0.389. The molecule has 0 bridgehead atoms. The van der Waals surface area contributed by atoms with Crippen molar-refractivity contribution in [2.45, 2.75) is 78.2 Å². The monoisotopic (exact) mass is 710 g/mol. The summed E-state index contributed by atoms with van der Waals surface area (Å²) in [6, 6.07) is 12.3. The van der Waals surface area contributed by atoms with Crippen molar-refractivity contribution in [1.82, 2.24) is 0 Å². The second-order valence-electron chi connectivity index (χ2n) is 11.2. The zero-order chi connectivity index (χ0) is 37.1. The Kier molecular flexibility index (Phi) is 13.3. The number of hydrogen-bond donors (Lipinski definition) is 0. The van der Waals surface area contributed by atoms with Crippen LogP contribution in [0.4, 0.5) is 0 Å². The van der Waals surface area contributed by atoms with Crippen LogP contribution in [0.1, 0.15) is 57.8 Å². The van der Waals surface area contributed by atoms with Crippen molar-refractivity contribution in [2.75, 3.05) is 13.2 Å². The van der Waals surface area contributed by atoms with E-state index in [1.165, 1.54) is 30.3 Å². The number of allylic oxidation sites excluding steroid dienone is 1. The van der Waals surface area contributed by atoms with Crippen molar-refractivity contribution in [3.05, 3.63) is 76.7 Å². The van der Waals surface area contributed by atoms with Gasteiger partial charge in [0.05, 0.1) is 17.6 Å². The third kappa shape index (κ3) is 10.4. The molecule has 0 radical (unpaired) electrons. The van der Waals surface area contributed by atoms with Crippen molar-refractivity contribution in [2.24, 2.45) is 0 Å². The highest BCUT2D eigenvalue weighted by atomic mass is 16.7. The minimum atomic E-state index is -1.54. The number of esters is 5. The largest absolute Gasteiger partial charge is 0.488 e. The van der Waals surface area contributed by atoms with Gasteiger partial charge in [-0.15, -0.1) is 0 Å². The minimum Gasteiger partial charge on any atom is -0.488 e. The average molecular weight is 711 g/mol. The number of hydrogen-bond acceptors (Lipinski definition) is 15. The molecule has 15 nitrogen and oxygen atoms in total. The predicted octanol–water partition coefficient (Wildman–Crippen LogP) is 4.21. The van der Waals surface area contributed by atoms with Gasteiger partial charge in [-0.3, -0.25) is 19.2 Å². The van der Waals surface area contributed by atoms with Gasteiger partial charge >= 0.3 is 35.5 Å². The van der Waals surface area contributed by atoms with E-state index < -0.39 is 78.5 Å². The van der Waals surface area contributed by atoms with Gasteiger partial charge in [-0.05, 0) is 37.1 Å². The molecular weight excluding hydrogens is 672 g/mol. The van der Waals surface area contributed by atoms with Gasteiger partial charge in [-0.25, -0.2) is 9.59 Å². The summed E-state index contributed by atoms with van der Waals surface area (Å²) in [6.07, 6.45) is -1.96. The molecule has 51 heavy (non-hydrogen) atoms. The number of rotatable bonds is 14. The molecule has 1 aliphatic rings. The lowest BCUT2D eigenvalue weighted by Gasteiger charge is -2.43. The second-order valence-corrected chi connectivity index (χ2v) is 11.2. The van der Waals surface area contributed by atoms with E-state index in [0.29, 0.717) is 6.42 Å². The van der Waals surface area contributed by atoms with Crippen LogP contribution in [-0.4, -0.2) is 73.8 Å². The summed E-state index contributed by atoms with van der Waals surface area (Å²) in [6.45, 7) is 6.11. The van der Waals surface area contributed by atoms with Crippen LogP contribution in [0.3, 0.4) is 0 Å². The van der Waals surface area contributed by atoms with Crippen molar-refractivity contribution >= 4 is 40.8 Å². The Balaban J connectivity index is 1.74. The van der Waals surface area contributed by atoms with Crippen LogP contribution in [0.2, 0.25) is 0 Å². The molecule has 0 unspecified atom stereocenters. The zero-order valence-electron chi connectivity index (χ0n) is 28.6. The molecule has 3 aromatic rings. The molecule has 1 saturated heterocycles. The van der Waals surface area contributed by atoms with Crippen LogP contribution in [0.5, 0.6) is 17.2 Å². The lowest BCUT2D eigenvalue weighted by molar-refractivity contribution is -0.288. The normalized spacial score (nSPS) is 19.9. The fourth-order valence-corrected chi connectivity index (χ4v) is 5.10. The summed E-state index contributed by atoms with van der Waals surface area (Å²) in [5, 5.41) is 0.249.